The van der Waals surface area contributed by atoms with Gasteiger partial charge in [0, 0.05) is 17.6 Å². The highest BCUT2D eigenvalue weighted by atomic mass is 16.2. The van der Waals surface area contributed by atoms with E-state index >= 15 is 0 Å². The van der Waals surface area contributed by atoms with Crippen molar-refractivity contribution in [3.05, 3.63) is 42.2 Å². The first-order valence-electron chi connectivity index (χ1n) is 9.86. The summed E-state index contributed by atoms with van der Waals surface area (Å²) in [5.41, 5.74) is 1.40. The second kappa shape index (κ2) is 8.33. The molecular weight excluding hydrogens is 356 g/mol. The second-order valence-corrected chi connectivity index (χ2v) is 7.37. The predicted molar refractivity (Wildman–Crippen MR) is 104 cm³/mol. The van der Waals surface area contributed by atoms with Crippen LogP contribution in [0.3, 0.4) is 0 Å². The molecule has 4 rings (SSSR count). The lowest BCUT2D eigenvalue weighted by Crippen LogP contribution is -2.33. The summed E-state index contributed by atoms with van der Waals surface area (Å²) in [4.78, 5) is 25.9. The fraction of sp³-hybridized carbons (Fsp3) is 0.450. The molecule has 0 unspecified atom stereocenters. The molecular formula is C20H24N6O2. The maximum Gasteiger partial charge on any atom is 0.293 e. The molecule has 1 heterocycles. The van der Waals surface area contributed by atoms with Crippen LogP contribution in [0, 0.1) is 5.92 Å². The Kier molecular flexibility index (Phi) is 5.45. The zero-order valence-electron chi connectivity index (χ0n) is 15.7. The van der Waals surface area contributed by atoms with Gasteiger partial charge in [-0.25, -0.2) is 0 Å². The summed E-state index contributed by atoms with van der Waals surface area (Å²) < 4.78 is 0. The number of anilines is 1. The van der Waals surface area contributed by atoms with E-state index in [-0.39, 0.29) is 29.6 Å². The molecule has 2 aliphatic carbocycles. The van der Waals surface area contributed by atoms with Crippen molar-refractivity contribution in [3.8, 4) is 5.69 Å². The van der Waals surface area contributed by atoms with Crippen molar-refractivity contribution in [1.29, 1.82) is 0 Å². The van der Waals surface area contributed by atoms with Gasteiger partial charge < -0.3 is 10.6 Å². The van der Waals surface area contributed by atoms with Crippen molar-refractivity contribution in [2.75, 3.05) is 5.32 Å². The minimum Gasteiger partial charge on any atom is -0.346 e. The number of hydrogen-bond acceptors (Lipinski definition) is 5. The number of amides is 2. The number of nitrogens with one attached hydrogen (secondary N) is 2. The number of carbonyl (C=O) groups excluding carboxylic acids is 2. The summed E-state index contributed by atoms with van der Waals surface area (Å²) in [5, 5.41) is 17.9. The van der Waals surface area contributed by atoms with Gasteiger partial charge in [0.2, 0.25) is 5.91 Å². The number of benzene rings is 1. The van der Waals surface area contributed by atoms with Gasteiger partial charge >= 0.3 is 0 Å². The molecule has 2 aliphatic rings. The standard InChI is InChI=1S/C20H24N6O2/c27-19(14-6-2-1-3-7-14)21-16-10-12-17(13-11-16)26-24-18(23-25-26)20(28)22-15-8-4-5-9-15/h1-2,10-15H,3-9H2,(H,21,27)(H,22,28)/t14-/m1/s1. The smallest absolute Gasteiger partial charge is 0.293 e. The fourth-order valence-electron chi connectivity index (χ4n) is 3.69. The van der Waals surface area contributed by atoms with Gasteiger partial charge in [-0.15, -0.1) is 15.0 Å². The topological polar surface area (TPSA) is 102 Å². The molecule has 1 saturated carbocycles. The van der Waals surface area contributed by atoms with E-state index in [0.717, 1.165) is 50.6 Å². The van der Waals surface area contributed by atoms with Crippen molar-refractivity contribution in [2.45, 2.75) is 51.0 Å². The van der Waals surface area contributed by atoms with Gasteiger partial charge in [-0.1, -0.05) is 25.0 Å². The third-order valence-electron chi connectivity index (χ3n) is 5.31. The first-order chi connectivity index (χ1) is 13.7. The molecule has 146 valence electrons. The Morgan fingerprint density at radius 2 is 1.82 bits per heavy atom. The molecule has 0 spiro atoms. The highest BCUT2D eigenvalue weighted by Gasteiger charge is 2.21. The Labute approximate surface area is 163 Å². The largest absolute Gasteiger partial charge is 0.346 e. The van der Waals surface area contributed by atoms with Crippen LogP contribution in [0.15, 0.2) is 36.4 Å². The molecule has 2 aromatic rings. The number of tetrazole rings is 1. The lowest BCUT2D eigenvalue weighted by Gasteiger charge is -2.17. The van der Waals surface area contributed by atoms with Crippen LogP contribution in [0.2, 0.25) is 0 Å². The van der Waals surface area contributed by atoms with Crippen molar-refractivity contribution < 1.29 is 9.59 Å². The van der Waals surface area contributed by atoms with Crippen LogP contribution in [-0.4, -0.2) is 38.1 Å². The van der Waals surface area contributed by atoms with Gasteiger partial charge in [0.15, 0.2) is 0 Å². The number of rotatable bonds is 5. The van der Waals surface area contributed by atoms with Crippen molar-refractivity contribution in [1.82, 2.24) is 25.5 Å². The monoisotopic (exact) mass is 380 g/mol. The molecule has 1 fully saturated rings. The van der Waals surface area contributed by atoms with Gasteiger partial charge in [-0.3, -0.25) is 9.59 Å². The molecule has 0 bridgehead atoms. The Balaban J connectivity index is 1.37. The molecule has 8 nitrogen and oxygen atoms in total. The van der Waals surface area contributed by atoms with Crippen LogP contribution in [0.4, 0.5) is 5.69 Å². The zero-order valence-corrected chi connectivity index (χ0v) is 15.7. The molecule has 0 saturated heterocycles. The highest BCUT2D eigenvalue weighted by molar-refractivity contribution is 5.92. The minimum atomic E-state index is -0.288. The fourth-order valence-corrected chi connectivity index (χ4v) is 3.69. The van der Waals surface area contributed by atoms with Crippen LogP contribution in [-0.2, 0) is 4.79 Å². The van der Waals surface area contributed by atoms with Crippen molar-refractivity contribution >= 4 is 17.5 Å². The quantitative estimate of drug-likeness (QED) is 0.777. The van der Waals surface area contributed by atoms with Gasteiger partial charge in [0.1, 0.15) is 0 Å². The Bertz CT molecular complexity index is 867. The summed E-state index contributed by atoms with van der Waals surface area (Å²) in [5.74, 6) is -0.150. The summed E-state index contributed by atoms with van der Waals surface area (Å²) in [6.07, 6.45) is 11.1. The van der Waals surface area contributed by atoms with Crippen molar-refractivity contribution in [3.63, 3.8) is 0 Å². The molecule has 0 aliphatic heterocycles. The molecule has 8 heteroatoms. The number of aromatic nitrogens is 4. The summed E-state index contributed by atoms with van der Waals surface area (Å²) >= 11 is 0. The molecule has 2 amide bonds. The first kappa shape index (κ1) is 18.3. The molecule has 28 heavy (non-hydrogen) atoms. The normalized spacial score (nSPS) is 19.5. The second-order valence-electron chi connectivity index (χ2n) is 7.37. The number of hydrogen-bond donors (Lipinski definition) is 2. The van der Waals surface area contributed by atoms with E-state index in [4.69, 9.17) is 0 Å². The summed E-state index contributed by atoms with van der Waals surface area (Å²) in [6, 6.07) is 7.39. The number of allylic oxidation sites excluding steroid dienone is 2. The lowest BCUT2D eigenvalue weighted by atomic mass is 9.93. The molecule has 1 aromatic heterocycles. The van der Waals surface area contributed by atoms with E-state index in [2.05, 4.69) is 38.2 Å². The summed E-state index contributed by atoms with van der Waals surface area (Å²) in [7, 11) is 0. The Hall–Kier alpha value is -3.03. The molecule has 1 atom stereocenters. The van der Waals surface area contributed by atoms with E-state index in [1.54, 1.807) is 24.3 Å². The molecule has 2 N–H and O–H groups in total. The van der Waals surface area contributed by atoms with Crippen LogP contribution < -0.4 is 10.6 Å². The summed E-state index contributed by atoms with van der Waals surface area (Å²) in [6.45, 7) is 0. The van der Waals surface area contributed by atoms with Crippen molar-refractivity contribution in [2.24, 2.45) is 5.92 Å². The Morgan fingerprint density at radius 1 is 1.04 bits per heavy atom. The van der Waals surface area contributed by atoms with Crippen LogP contribution in [0.25, 0.3) is 5.69 Å². The average Bonchev–Trinajstić information content (AvgIpc) is 3.41. The van der Waals surface area contributed by atoms with E-state index in [0.29, 0.717) is 5.69 Å². The maximum atomic E-state index is 12.3. The predicted octanol–water partition coefficient (Wildman–Crippen LogP) is 2.63. The average molecular weight is 380 g/mol. The van der Waals surface area contributed by atoms with Crippen LogP contribution in [0.5, 0.6) is 0 Å². The zero-order chi connectivity index (χ0) is 19.3. The third-order valence-corrected chi connectivity index (χ3v) is 5.31. The number of carbonyl (C=O) groups is 2. The number of nitrogens with zero attached hydrogens (tertiary/aromatic N) is 4. The van der Waals surface area contributed by atoms with E-state index < -0.39 is 0 Å². The van der Waals surface area contributed by atoms with Crippen LogP contribution in [0.1, 0.15) is 55.6 Å². The highest BCUT2D eigenvalue weighted by Crippen LogP contribution is 2.21. The van der Waals surface area contributed by atoms with Gasteiger partial charge in [0.25, 0.3) is 11.7 Å². The van der Waals surface area contributed by atoms with Gasteiger partial charge in [-0.05, 0) is 61.6 Å². The molecule has 1 aromatic carbocycles. The minimum absolute atomic E-state index is 0.0302. The van der Waals surface area contributed by atoms with Gasteiger partial charge in [-0.2, -0.15) is 0 Å². The van der Waals surface area contributed by atoms with Gasteiger partial charge in [0.05, 0.1) is 5.69 Å². The third kappa shape index (κ3) is 4.27. The van der Waals surface area contributed by atoms with E-state index in [9.17, 15) is 9.59 Å². The van der Waals surface area contributed by atoms with Crippen LogP contribution >= 0.6 is 0 Å². The SMILES string of the molecule is O=C(NC1CCCC1)c1nnn(-c2ccc(NC(=O)[C@@H]3CC=CCC3)cc2)n1. The van der Waals surface area contributed by atoms with E-state index in [1.807, 2.05) is 0 Å². The van der Waals surface area contributed by atoms with E-state index in [1.165, 1.54) is 4.80 Å². The maximum absolute atomic E-state index is 12.3. The molecule has 0 radical (unpaired) electrons. The first-order valence-corrected chi connectivity index (χ1v) is 9.86. The Morgan fingerprint density at radius 3 is 2.54 bits per heavy atom. The lowest BCUT2D eigenvalue weighted by molar-refractivity contribution is -0.120.